The molecule has 2 aliphatic rings. The number of hydrogen-bond acceptors (Lipinski definition) is 13. The molecule has 0 aromatic carbocycles. The SMILES string of the molecule is COC/C=C\C1=C(C(=O)OC(C)OC(C)=O)N2C(=O)[C@@H](NC(=O)/C(=N\OC)c3csc(N)n3)[C@H]2SC1. The molecule has 13 nitrogen and oxygen atoms in total. The van der Waals surface area contributed by atoms with E-state index in [1.165, 1.54) is 50.1 Å². The van der Waals surface area contributed by atoms with E-state index in [0.717, 1.165) is 11.3 Å². The van der Waals surface area contributed by atoms with Crippen LogP contribution in [0.3, 0.4) is 0 Å². The summed E-state index contributed by atoms with van der Waals surface area (Å²) in [6.07, 6.45) is 2.19. The van der Waals surface area contributed by atoms with Gasteiger partial charge in [0, 0.05) is 32.1 Å². The molecule has 3 rings (SSSR count). The molecule has 194 valence electrons. The number of carbonyl (C=O) groups excluding carboxylic acids is 4. The zero-order chi connectivity index (χ0) is 26.4. The van der Waals surface area contributed by atoms with Crippen molar-refractivity contribution in [1.82, 2.24) is 15.2 Å². The van der Waals surface area contributed by atoms with Gasteiger partial charge >= 0.3 is 11.9 Å². The van der Waals surface area contributed by atoms with Gasteiger partial charge in [-0.3, -0.25) is 19.3 Å². The first-order chi connectivity index (χ1) is 17.2. The van der Waals surface area contributed by atoms with E-state index in [2.05, 4.69) is 15.5 Å². The molecule has 1 saturated heterocycles. The van der Waals surface area contributed by atoms with Crippen LogP contribution in [0.15, 0.2) is 34.0 Å². The lowest BCUT2D eigenvalue weighted by atomic mass is 10.0. The number of β-lactam (4-membered cyclic amide) rings is 1. The molecule has 1 unspecified atom stereocenters. The number of methoxy groups -OCH3 is 1. The van der Waals surface area contributed by atoms with E-state index >= 15 is 0 Å². The van der Waals surface area contributed by atoms with Crippen LogP contribution >= 0.6 is 23.1 Å². The number of allylic oxidation sites excluding steroid dienone is 1. The second-order valence-electron chi connectivity index (χ2n) is 7.37. The maximum atomic E-state index is 13.1. The third-order valence-corrected chi connectivity index (χ3v) is 6.80. The van der Waals surface area contributed by atoms with E-state index in [1.807, 2.05) is 0 Å². The number of esters is 2. The van der Waals surface area contributed by atoms with Gasteiger partial charge in [-0.15, -0.1) is 23.1 Å². The van der Waals surface area contributed by atoms with Gasteiger partial charge in [-0.25, -0.2) is 9.78 Å². The molecule has 0 saturated carbocycles. The van der Waals surface area contributed by atoms with Crippen LogP contribution in [-0.2, 0) is 38.2 Å². The molecule has 1 fully saturated rings. The van der Waals surface area contributed by atoms with Gasteiger partial charge in [-0.1, -0.05) is 17.3 Å². The van der Waals surface area contributed by atoms with E-state index in [0.29, 0.717) is 17.9 Å². The van der Waals surface area contributed by atoms with Crippen molar-refractivity contribution in [3.63, 3.8) is 0 Å². The van der Waals surface area contributed by atoms with Crippen LogP contribution in [0.5, 0.6) is 0 Å². The molecule has 1 aromatic rings. The smallest absolute Gasteiger partial charge is 0.358 e. The number of rotatable bonds is 10. The summed E-state index contributed by atoms with van der Waals surface area (Å²) >= 11 is 2.47. The normalized spacial score (nSPS) is 20.5. The molecular formula is C21H25N5O8S2. The Kier molecular flexibility index (Phi) is 9.06. The number of carbonyl (C=O) groups is 4. The van der Waals surface area contributed by atoms with Crippen molar-refractivity contribution in [2.24, 2.45) is 5.16 Å². The number of nitrogens with two attached hydrogens (primary N) is 1. The van der Waals surface area contributed by atoms with Crippen LogP contribution in [0.4, 0.5) is 5.13 Å². The summed E-state index contributed by atoms with van der Waals surface area (Å²) in [6.45, 7) is 2.86. The molecule has 3 heterocycles. The van der Waals surface area contributed by atoms with Crippen molar-refractivity contribution in [2.75, 3.05) is 32.3 Å². The van der Waals surface area contributed by atoms with Gasteiger partial charge in [0.25, 0.3) is 11.8 Å². The molecule has 0 radical (unpaired) electrons. The van der Waals surface area contributed by atoms with Gasteiger partial charge in [0.05, 0.1) is 6.61 Å². The highest BCUT2D eigenvalue weighted by Gasteiger charge is 2.54. The Labute approximate surface area is 214 Å². The van der Waals surface area contributed by atoms with Crippen molar-refractivity contribution in [3.8, 4) is 0 Å². The molecule has 1 aromatic heterocycles. The van der Waals surface area contributed by atoms with Crippen molar-refractivity contribution < 1.29 is 38.2 Å². The number of nitrogen functional groups attached to an aromatic ring is 1. The number of anilines is 1. The number of thiazole rings is 1. The Morgan fingerprint density at radius 3 is 2.72 bits per heavy atom. The molecule has 2 amide bonds. The number of hydrogen-bond donors (Lipinski definition) is 2. The fourth-order valence-corrected chi connectivity index (χ4v) is 5.28. The molecule has 3 N–H and O–H groups in total. The standard InChI is InChI=1S/C21H25N5O8S2/c1-10(27)33-11(2)34-20(30)16-12(6-5-7-31-3)8-35-19-15(18(29)26(16)19)24-17(28)14(25-32-4)13-9-36-21(22)23-13/h5-6,9,11,15,19H,7-8H2,1-4H3,(H2,22,23)(H,24,28)/b6-5-,25-14-/t11?,15-,19-/m1/s1. The van der Waals surface area contributed by atoms with Crippen LogP contribution < -0.4 is 11.1 Å². The summed E-state index contributed by atoms with van der Waals surface area (Å²) in [7, 11) is 2.79. The Morgan fingerprint density at radius 2 is 2.11 bits per heavy atom. The van der Waals surface area contributed by atoms with E-state index in [1.54, 1.807) is 12.2 Å². The number of amides is 2. The van der Waals surface area contributed by atoms with Gasteiger partial charge in [0.15, 0.2) is 10.8 Å². The molecule has 2 aliphatic heterocycles. The quantitative estimate of drug-likeness (QED) is 0.138. The van der Waals surface area contributed by atoms with Crippen LogP contribution in [0.1, 0.15) is 19.5 Å². The number of nitrogens with one attached hydrogen (secondary N) is 1. The third-order valence-electron chi connectivity index (χ3n) is 4.83. The maximum Gasteiger partial charge on any atom is 0.358 e. The topological polar surface area (TPSA) is 172 Å². The number of fused-ring (bicyclic) bond motifs is 1. The average molecular weight is 540 g/mol. The summed E-state index contributed by atoms with van der Waals surface area (Å²) in [6, 6.07) is -0.946. The summed E-state index contributed by atoms with van der Waals surface area (Å²) in [5.41, 5.74) is 6.22. The van der Waals surface area contributed by atoms with Gasteiger partial charge < -0.3 is 30.1 Å². The molecule has 3 atom stereocenters. The van der Waals surface area contributed by atoms with E-state index in [4.69, 9.17) is 24.8 Å². The predicted molar refractivity (Wildman–Crippen MR) is 130 cm³/mol. The van der Waals surface area contributed by atoms with Crippen LogP contribution in [-0.4, -0.2) is 83.6 Å². The van der Waals surface area contributed by atoms with E-state index in [9.17, 15) is 19.2 Å². The minimum Gasteiger partial charge on any atom is -0.426 e. The third kappa shape index (κ3) is 6.03. The van der Waals surface area contributed by atoms with Crippen molar-refractivity contribution >= 4 is 57.7 Å². The monoisotopic (exact) mass is 539 g/mol. The summed E-state index contributed by atoms with van der Waals surface area (Å²) in [5, 5.41) is 7.54. The Morgan fingerprint density at radius 1 is 1.36 bits per heavy atom. The van der Waals surface area contributed by atoms with Gasteiger partial charge in [0.1, 0.15) is 29.9 Å². The number of aromatic nitrogens is 1. The number of ether oxygens (including phenoxy) is 3. The minimum atomic E-state index is -1.16. The van der Waals surface area contributed by atoms with E-state index in [-0.39, 0.29) is 22.2 Å². The Hall–Kier alpha value is -3.43. The van der Waals surface area contributed by atoms with Gasteiger partial charge in [-0.2, -0.15) is 0 Å². The predicted octanol–water partition coefficient (Wildman–Crippen LogP) is 0.385. The summed E-state index contributed by atoms with van der Waals surface area (Å²) in [5.74, 6) is -2.35. The first-order valence-electron chi connectivity index (χ1n) is 10.5. The minimum absolute atomic E-state index is 0.00124. The van der Waals surface area contributed by atoms with Crippen LogP contribution in [0.25, 0.3) is 0 Å². The van der Waals surface area contributed by atoms with Crippen LogP contribution in [0.2, 0.25) is 0 Å². The Bertz CT molecular complexity index is 1130. The zero-order valence-corrected chi connectivity index (χ0v) is 21.5. The zero-order valence-electron chi connectivity index (χ0n) is 19.9. The molecule has 0 bridgehead atoms. The van der Waals surface area contributed by atoms with Gasteiger partial charge in [0.2, 0.25) is 6.29 Å². The van der Waals surface area contributed by atoms with Crippen molar-refractivity contribution in [3.05, 3.63) is 34.5 Å². The van der Waals surface area contributed by atoms with Gasteiger partial charge in [-0.05, 0) is 5.57 Å². The summed E-state index contributed by atoms with van der Waals surface area (Å²) < 4.78 is 15.1. The lowest BCUT2D eigenvalue weighted by Crippen LogP contribution is -2.71. The number of nitrogens with zero attached hydrogens (tertiary/aromatic N) is 3. The lowest BCUT2D eigenvalue weighted by molar-refractivity contribution is -0.182. The Balaban J connectivity index is 1.82. The lowest BCUT2D eigenvalue weighted by Gasteiger charge is -2.49. The highest BCUT2D eigenvalue weighted by molar-refractivity contribution is 8.00. The average Bonchev–Trinajstić information content (AvgIpc) is 3.25. The van der Waals surface area contributed by atoms with E-state index < -0.39 is 41.5 Å². The van der Waals surface area contributed by atoms with Crippen LogP contribution in [0, 0.1) is 0 Å². The van der Waals surface area contributed by atoms with Crippen molar-refractivity contribution in [2.45, 2.75) is 31.6 Å². The highest BCUT2D eigenvalue weighted by Crippen LogP contribution is 2.41. The maximum absolute atomic E-state index is 13.1. The molecule has 0 aliphatic carbocycles. The fraction of sp³-hybridized carbons (Fsp3) is 0.429. The molecular weight excluding hydrogens is 514 g/mol. The largest absolute Gasteiger partial charge is 0.426 e. The first kappa shape index (κ1) is 27.2. The number of thioether (sulfide) groups is 1. The number of oxime groups is 1. The first-order valence-corrected chi connectivity index (χ1v) is 12.5. The molecule has 36 heavy (non-hydrogen) atoms. The second kappa shape index (κ2) is 12.0. The fourth-order valence-electron chi connectivity index (χ4n) is 3.41. The second-order valence-corrected chi connectivity index (χ2v) is 9.36. The highest BCUT2D eigenvalue weighted by atomic mass is 32.2. The molecule has 15 heteroatoms. The molecule has 0 spiro atoms. The summed E-state index contributed by atoms with van der Waals surface area (Å²) in [4.78, 5) is 60.3. The van der Waals surface area contributed by atoms with Crippen molar-refractivity contribution in [1.29, 1.82) is 0 Å².